The SMILES string of the molecule is NC(=NCCNC(=O)CC1CCCC1)Nc1ccc(OC(F)(F)F)cc1. The molecule has 9 heteroatoms. The maximum atomic E-state index is 12.1. The molecule has 0 aliphatic heterocycles. The number of anilines is 1. The van der Waals surface area contributed by atoms with Gasteiger partial charge in [-0.1, -0.05) is 12.8 Å². The van der Waals surface area contributed by atoms with Crippen molar-refractivity contribution in [2.24, 2.45) is 16.6 Å². The summed E-state index contributed by atoms with van der Waals surface area (Å²) in [5, 5.41) is 5.56. The number of benzene rings is 1. The van der Waals surface area contributed by atoms with E-state index in [1.54, 1.807) is 0 Å². The molecule has 0 unspecified atom stereocenters. The number of ether oxygens (including phenoxy) is 1. The Morgan fingerprint density at radius 2 is 1.88 bits per heavy atom. The Hall–Kier alpha value is -2.45. The van der Waals surface area contributed by atoms with Gasteiger partial charge in [-0.05, 0) is 43.0 Å². The number of carbonyl (C=O) groups excluding carboxylic acids is 1. The first kappa shape index (κ1) is 19.9. The van der Waals surface area contributed by atoms with Crippen LogP contribution in [0.3, 0.4) is 0 Å². The van der Waals surface area contributed by atoms with E-state index in [-0.39, 0.29) is 17.6 Å². The normalized spacial score (nSPS) is 15.7. The van der Waals surface area contributed by atoms with E-state index in [0.29, 0.717) is 31.1 Å². The third-order valence-corrected chi connectivity index (χ3v) is 4.03. The number of nitrogens with two attached hydrogens (primary N) is 1. The van der Waals surface area contributed by atoms with E-state index >= 15 is 0 Å². The molecule has 1 fully saturated rings. The van der Waals surface area contributed by atoms with Crippen LogP contribution in [0.1, 0.15) is 32.1 Å². The van der Waals surface area contributed by atoms with E-state index in [4.69, 9.17) is 5.73 Å². The van der Waals surface area contributed by atoms with Crippen molar-refractivity contribution < 1.29 is 22.7 Å². The predicted molar refractivity (Wildman–Crippen MR) is 92.8 cm³/mol. The van der Waals surface area contributed by atoms with E-state index in [0.717, 1.165) is 12.8 Å². The lowest BCUT2D eigenvalue weighted by Gasteiger charge is -2.10. The van der Waals surface area contributed by atoms with Crippen molar-refractivity contribution in [1.82, 2.24) is 5.32 Å². The van der Waals surface area contributed by atoms with Crippen LogP contribution < -0.4 is 21.1 Å². The van der Waals surface area contributed by atoms with Gasteiger partial charge in [-0.15, -0.1) is 13.2 Å². The molecule has 0 saturated heterocycles. The summed E-state index contributed by atoms with van der Waals surface area (Å²) in [4.78, 5) is 15.8. The molecule has 0 radical (unpaired) electrons. The number of nitrogens with zero attached hydrogens (tertiary/aromatic N) is 1. The first-order chi connectivity index (χ1) is 12.3. The zero-order valence-corrected chi connectivity index (χ0v) is 14.3. The molecule has 0 atom stereocenters. The molecule has 2 rings (SSSR count). The number of hydrogen-bond acceptors (Lipinski definition) is 3. The van der Waals surface area contributed by atoms with Crippen molar-refractivity contribution in [2.75, 3.05) is 18.4 Å². The fraction of sp³-hybridized carbons (Fsp3) is 0.529. The molecule has 0 bridgehead atoms. The molecular formula is C17H23F3N4O2. The van der Waals surface area contributed by atoms with Gasteiger partial charge in [-0.3, -0.25) is 9.79 Å². The van der Waals surface area contributed by atoms with E-state index < -0.39 is 6.36 Å². The number of rotatable bonds is 7. The largest absolute Gasteiger partial charge is 0.573 e. The van der Waals surface area contributed by atoms with Gasteiger partial charge >= 0.3 is 6.36 Å². The van der Waals surface area contributed by atoms with Crippen molar-refractivity contribution in [3.05, 3.63) is 24.3 Å². The highest BCUT2D eigenvalue weighted by Gasteiger charge is 2.30. The van der Waals surface area contributed by atoms with Gasteiger partial charge in [0.15, 0.2) is 5.96 Å². The van der Waals surface area contributed by atoms with Crippen LogP contribution in [0, 0.1) is 5.92 Å². The van der Waals surface area contributed by atoms with Crippen LogP contribution in [0.5, 0.6) is 5.75 Å². The first-order valence-electron chi connectivity index (χ1n) is 8.51. The maximum Gasteiger partial charge on any atom is 0.573 e. The smallest absolute Gasteiger partial charge is 0.406 e. The van der Waals surface area contributed by atoms with E-state index in [9.17, 15) is 18.0 Å². The van der Waals surface area contributed by atoms with Crippen molar-refractivity contribution >= 4 is 17.6 Å². The third kappa shape index (κ3) is 7.62. The number of nitrogens with one attached hydrogen (secondary N) is 2. The zero-order chi connectivity index (χ0) is 19.0. The lowest BCUT2D eigenvalue weighted by molar-refractivity contribution is -0.274. The Morgan fingerprint density at radius 1 is 1.23 bits per heavy atom. The number of aliphatic imine (C=N–C) groups is 1. The van der Waals surface area contributed by atoms with Crippen molar-refractivity contribution in [2.45, 2.75) is 38.5 Å². The molecule has 6 nitrogen and oxygen atoms in total. The summed E-state index contributed by atoms with van der Waals surface area (Å²) in [5.41, 5.74) is 6.19. The van der Waals surface area contributed by atoms with Gasteiger partial charge in [-0.25, -0.2) is 0 Å². The van der Waals surface area contributed by atoms with Crippen LogP contribution in [0.25, 0.3) is 0 Å². The molecule has 1 aromatic carbocycles. The van der Waals surface area contributed by atoms with Gasteiger partial charge in [0.2, 0.25) is 5.91 Å². The number of amides is 1. The summed E-state index contributed by atoms with van der Waals surface area (Å²) < 4.78 is 40.0. The van der Waals surface area contributed by atoms with Crippen molar-refractivity contribution in [3.8, 4) is 5.75 Å². The van der Waals surface area contributed by atoms with Gasteiger partial charge < -0.3 is 21.1 Å². The average Bonchev–Trinajstić information content (AvgIpc) is 3.05. The van der Waals surface area contributed by atoms with Gasteiger partial charge in [0.05, 0.1) is 6.54 Å². The quantitative estimate of drug-likeness (QED) is 0.390. The minimum atomic E-state index is -4.72. The molecular weight excluding hydrogens is 349 g/mol. The Labute approximate surface area is 150 Å². The summed E-state index contributed by atoms with van der Waals surface area (Å²) in [6.45, 7) is 0.691. The molecule has 0 aromatic heterocycles. The first-order valence-corrected chi connectivity index (χ1v) is 8.51. The number of guanidine groups is 1. The van der Waals surface area contributed by atoms with Crippen LogP contribution in [0.4, 0.5) is 18.9 Å². The minimum absolute atomic E-state index is 0.0267. The molecule has 1 amide bonds. The summed E-state index contributed by atoms with van der Waals surface area (Å²) in [5.74, 6) is 0.316. The van der Waals surface area contributed by atoms with Gasteiger partial charge in [0, 0.05) is 18.7 Å². The molecule has 144 valence electrons. The molecule has 1 aliphatic carbocycles. The standard InChI is InChI=1S/C17H23F3N4O2/c18-17(19,20)26-14-7-5-13(6-8-14)24-16(21)23-10-9-22-15(25)11-12-3-1-2-4-12/h5-8,12H,1-4,9-11H2,(H,22,25)(H3,21,23,24). The maximum absolute atomic E-state index is 12.1. The third-order valence-electron chi connectivity index (χ3n) is 4.03. The second-order valence-electron chi connectivity index (χ2n) is 6.17. The monoisotopic (exact) mass is 372 g/mol. The number of alkyl halides is 3. The number of hydrogen-bond donors (Lipinski definition) is 3. The Bertz CT molecular complexity index is 611. The number of halogens is 3. The summed E-state index contributed by atoms with van der Waals surface area (Å²) in [7, 11) is 0. The molecule has 0 spiro atoms. The van der Waals surface area contributed by atoms with E-state index in [1.165, 1.54) is 37.1 Å². The fourth-order valence-electron chi connectivity index (χ4n) is 2.85. The lowest BCUT2D eigenvalue weighted by atomic mass is 10.0. The van der Waals surface area contributed by atoms with Gasteiger partial charge in [-0.2, -0.15) is 0 Å². The van der Waals surface area contributed by atoms with E-state index in [2.05, 4.69) is 20.4 Å². The summed E-state index contributed by atoms with van der Waals surface area (Å²) >= 11 is 0. The Balaban J connectivity index is 1.68. The van der Waals surface area contributed by atoms with Crippen molar-refractivity contribution in [3.63, 3.8) is 0 Å². The summed E-state index contributed by atoms with van der Waals surface area (Å²) in [6.07, 6.45) is 0.480. The Kier molecular flexibility index (Phi) is 7.11. The molecule has 1 saturated carbocycles. The minimum Gasteiger partial charge on any atom is -0.406 e. The summed E-state index contributed by atoms with van der Waals surface area (Å²) in [6, 6.07) is 5.14. The van der Waals surface area contributed by atoms with Crippen molar-refractivity contribution in [1.29, 1.82) is 0 Å². The zero-order valence-electron chi connectivity index (χ0n) is 14.3. The highest BCUT2D eigenvalue weighted by Crippen LogP contribution is 2.27. The highest BCUT2D eigenvalue weighted by molar-refractivity contribution is 5.92. The van der Waals surface area contributed by atoms with Crippen LogP contribution in [-0.2, 0) is 4.79 Å². The van der Waals surface area contributed by atoms with Crippen LogP contribution in [-0.4, -0.2) is 31.3 Å². The highest BCUT2D eigenvalue weighted by atomic mass is 19.4. The van der Waals surface area contributed by atoms with Gasteiger partial charge in [0.25, 0.3) is 0 Å². The second kappa shape index (κ2) is 9.30. The molecule has 1 aliphatic rings. The molecule has 0 heterocycles. The fourth-order valence-corrected chi connectivity index (χ4v) is 2.85. The molecule has 1 aromatic rings. The van der Waals surface area contributed by atoms with Crippen LogP contribution in [0.15, 0.2) is 29.3 Å². The van der Waals surface area contributed by atoms with Crippen LogP contribution in [0.2, 0.25) is 0 Å². The Morgan fingerprint density at radius 3 is 2.50 bits per heavy atom. The lowest BCUT2D eigenvalue weighted by Crippen LogP contribution is -2.29. The van der Waals surface area contributed by atoms with Gasteiger partial charge in [0.1, 0.15) is 5.75 Å². The second-order valence-corrected chi connectivity index (χ2v) is 6.17. The molecule has 26 heavy (non-hydrogen) atoms. The van der Waals surface area contributed by atoms with Crippen LogP contribution >= 0.6 is 0 Å². The number of carbonyl (C=O) groups is 1. The molecule has 4 N–H and O–H groups in total. The topological polar surface area (TPSA) is 88.7 Å². The predicted octanol–water partition coefficient (Wildman–Crippen LogP) is 3.01. The average molecular weight is 372 g/mol. The van der Waals surface area contributed by atoms with E-state index in [1.807, 2.05) is 0 Å².